The van der Waals surface area contributed by atoms with Crippen LogP contribution < -0.4 is 15.1 Å². The summed E-state index contributed by atoms with van der Waals surface area (Å²) in [6, 6.07) is 7.13. The van der Waals surface area contributed by atoms with Gasteiger partial charge in [-0.1, -0.05) is 0 Å². The van der Waals surface area contributed by atoms with E-state index in [0.29, 0.717) is 43.7 Å². The maximum atomic E-state index is 12.1. The zero-order valence-corrected chi connectivity index (χ0v) is 14.6. The Balaban J connectivity index is 1.59. The molecule has 0 unspecified atom stereocenters. The molecule has 2 saturated heterocycles. The number of ether oxygens (including phenoxy) is 3. The molecule has 3 rings (SSSR count). The number of cyclic esters (lactones) is 2. The van der Waals surface area contributed by atoms with E-state index in [1.807, 2.05) is 6.92 Å². The maximum Gasteiger partial charge on any atom is 0.414 e. The Bertz CT molecular complexity index is 666. The smallest absolute Gasteiger partial charge is 0.414 e. The van der Waals surface area contributed by atoms with Crippen LogP contribution in [0.15, 0.2) is 24.3 Å². The molecule has 8 nitrogen and oxygen atoms in total. The van der Waals surface area contributed by atoms with Crippen molar-refractivity contribution >= 4 is 41.0 Å². The van der Waals surface area contributed by atoms with Crippen molar-refractivity contribution < 1.29 is 23.8 Å². The fourth-order valence-electron chi connectivity index (χ4n) is 2.66. The monoisotopic (exact) mass is 365 g/mol. The van der Waals surface area contributed by atoms with Crippen LogP contribution in [0.5, 0.6) is 0 Å². The van der Waals surface area contributed by atoms with Crippen LogP contribution in [0.2, 0.25) is 0 Å². The highest BCUT2D eigenvalue weighted by molar-refractivity contribution is 7.80. The molecule has 25 heavy (non-hydrogen) atoms. The van der Waals surface area contributed by atoms with Gasteiger partial charge in [-0.05, 0) is 43.4 Å². The molecule has 1 N–H and O–H groups in total. The molecular weight excluding hydrogens is 346 g/mol. The Morgan fingerprint density at radius 1 is 1.24 bits per heavy atom. The van der Waals surface area contributed by atoms with Gasteiger partial charge in [-0.2, -0.15) is 0 Å². The topological polar surface area (TPSA) is 80.3 Å². The van der Waals surface area contributed by atoms with Gasteiger partial charge < -0.3 is 19.5 Å². The predicted octanol–water partition coefficient (Wildman–Crippen LogP) is 1.88. The fourth-order valence-corrected chi connectivity index (χ4v) is 2.86. The SMILES string of the molecule is CCOC(=S)NC[C@H]1CN(c2ccc(N3CCOC3=O)cc2)C(=O)O1. The van der Waals surface area contributed by atoms with Crippen molar-refractivity contribution in [2.75, 3.05) is 42.6 Å². The van der Waals surface area contributed by atoms with Crippen LogP contribution >= 0.6 is 12.2 Å². The summed E-state index contributed by atoms with van der Waals surface area (Å²) in [5.74, 6) is 0. The summed E-state index contributed by atoms with van der Waals surface area (Å²) in [6.45, 7) is 4.04. The van der Waals surface area contributed by atoms with E-state index in [1.54, 1.807) is 34.1 Å². The first-order valence-corrected chi connectivity index (χ1v) is 8.42. The number of thiocarbonyl (C=S) groups is 1. The lowest BCUT2D eigenvalue weighted by Gasteiger charge is -2.16. The first kappa shape index (κ1) is 17.3. The van der Waals surface area contributed by atoms with Crippen LogP contribution in [0, 0.1) is 0 Å². The van der Waals surface area contributed by atoms with Crippen LogP contribution in [-0.2, 0) is 14.2 Å². The number of hydrogen-bond acceptors (Lipinski definition) is 6. The summed E-state index contributed by atoms with van der Waals surface area (Å²) in [5, 5.41) is 3.21. The summed E-state index contributed by atoms with van der Waals surface area (Å²) >= 11 is 4.99. The molecule has 0 bridgehead atoms. The summed E-state index contributed by atoms with van der Waals surface area (Å²) in [4.78, 5) is 26.7. The van der Waals surface area contributed by atoms with Crippen molar-refractivity contribution in [1.29, 1.82) is 0 Å². The molecule has 1 aromatic rings. The van der Waals surface area contributed by atoms with Crippen LogP contribution in [0.4, 0.5) is 21.0 Å². The van der Waals surface area contributed by atoms with E-state index in [-0.39, 0.29) is 12.2 Å². The van der Waals surface area contributed by atoms with E-state index < -0.39 is 6.09 Å². The molecular formula is C16H19N3O5S. The fraction of sp³-hybridized carbons (Fsp3) is 0.438. The number of amides is 2. The van der Waals surface area contributed by atoms with Gasteiger partial charge in [0.15, 0.2) is 0 Å². The first-order valence-electron chi connectivity index (χ1n) is 8.01. The van der Waals surface area contributed by atoms with E-state index in [4.69, 9.17) is 26.4 Å². The van der Waals surface area contributed by atoms with Crippen LogP contribution in [0.25, 0.3) is 0 Å². The van der Waals surface area contributed by atoms with Crippen LogP contribution in [0.1, 0.15) is 6.92 Å². The minimum Gasteiger partial charge on any atom is -0.471 e. The lowest BCUT2D eigenvalue weighted by molar-refractivity contribution is 0.141. The number of rotatable bonds is 5. The highest BCUT2D eigenvalue weighted by atomic mass is 32.1. The predicted molar refractivity (Wildman–Crippen MR) is 95.0 cm³/mol. The molecule has 2 fully saturated rings. The lowest BCUT2D eigenvalue weighted by atomic mass is 10.2. The Hall–Kier alpha value is -2.55. The molecule has 2 aliphatic rings. The molecule has 0 saturated carbocycles. The van der Waals surface area contributed by atoms with Crippen molar-refractivity contribution in [3.63, 3.8) is 0 Å². The zero-order chi connectivity index (χ0) is 17.8. The average molecular weight is 365 g/mol. The molecule has 1 atom stereocenters. The molecule has 134 valence electrons. The van der Waals surface area contributed by atoms with Gasteiger partial charge in [0.2, 0.25) is 0 Å². The highest BCUT2D eigenvalue weighted by Crippen LogP contribution is 2.26. The number of benzene rings is 1. The van der Waals surface area contributed by atoms with Gasteiger partial charge >= 0.3 is 12.2 Å². The van der Waals surface area contributed by atoms with Gasteiger partial charge in [0.05, 0.1) is 26.2 Å². The number of nitrogens with one attached hydrogen (secondary N) is 1. The van der Waals surface area contributed by atoms with Crippen LogP contribution in [0.3, 0.4) is 0 Å². The third-order valence-corrected chi connectivity index (χ3v) is 4.12. The number of hydrogen-bond donors (Lipinski definition) is 1. The maximum absolute atomic E-state index is 12.1. The molecule has 1 aromatic carbocycles. The largest absolute Gasteiger partial charge is 0.471 e. The summed E-state index contributed by atoms with van der Waals surface area (Å²) < 4.78 is 15.4. The minimum absolute atomic E-state index is 0.291. The number of carbonyl (C=O) groups excluding carboxylic acids is 2. The highest BCUT2D eigenvalue weighted by Gasteiger charge is 2.32. The molecule has 2 heterocycles. The van der Waals surface area contributed by atoms with Gasteiger partial charge in [0.1, 0.15) is 12.7 Å². The summed E-state index contributed by atoms with van der Waals surface area (Å²) in [5.41, 5.74) is 1.44. The van der Waals surface area contributed by atoms with E-state index in [0.717, 1.165) is 5.69 Å². The Morgan fingerprint density at radius 3 is 2.52 bits per heavy atom. The number of anilines is 2. The van der Waals surface area contributed by atoms with Gasteiger partial charge in [0.25, 0.3) is 5.17 Å². The summed E-state index contributed by atoms with van der Waals surface area (Å²) in [6.07, 6.45) is -1.09. The molecule has 9 heteroatoms. The Labute approximate surface area is 150 Å². The standard InChI is InChI=1S/C16H19N3O5S/c1-2-22-14(25)17-9-13-10-19(16(21)24-13)12-5-3-11(4-6-12)18-7-8-23-15(18)20/h3-6,13H,2,7-10H2,1H3,(H,17,25)/t13-/m0/s1. The average Bonchev–Trinajstić information content (AvgIpc) is 3.19. The second-order valence-corrected chi connectivity index (χ2v) is 5.87. The van der Waals surface area contributed by atoms with Gasteiger partial charge in [0, 0.05) is 11.4 Å². The normalized spacial score (nSPS) is 19.6. The van der Waals surface area contributed by atoms with Crippen molar-refractivity contribution in [2.45, 2.75) is 13.0 Å². The summed E-state index contributed by atoms with van der Waals surface area (Å²) in [7, 11) is 0. The van der Waals surface area contributed by atoms with E-state index >= 15 is 0 Å². The van der Waals surface area contributed by atoms with Crippen molar-refractivity contribution in [3.05, 3.63) is 24.3 Å². The third kappa shape index (κ3) is 3.93. The quantitative estimate of drug-likeness (QED) is 0.798. The number of nitrogens with zero attached hydrogens (tertiary/aromatic N) is 2. The van der Waals surface area contributed by atoms with Gasteiger partial charge in [-0.3, -0.25) is 9.80 Å². The van der Waals surface area contributed by atoms with E-state index in [1.165, 1.54) is 0 Å². The van der Waals surface area contributed by atoms with Crippen molar-refractivity contribution in [1.82, 2.24) is 5.32 Å². The van der Waals surface area contributed by atoms with Crippen molar-refractivity contribution in [2.24, 2.45) is 0 Å². The Kier molecular flexibility index (Phi) is 5.22. The van der Waals surface area contributed by atoms with Crippen molar-refractivity contribution in [3.8, 4) is 0 Å². The molecule has 2 amide bonds. The van der Waals surface area contributed by atoms with E-state index in [9.17, 15) is 9.59 Å². The molecule has 2 aliphatic heterocycles. The number of carbonyl (C=O) groups is 2. The molecule has 0 spiro atoms. The van der Waals surface area contributed by atoms with Crippen LogP contribution in [-0.4, -0.2) is 56.3 Å². The first-order chi connectivity index (χ1) is 12.1. The van der Waals surface area contributed by atoms with Gasteiger partial charge in [-0.15, -0.1) is 0 Å². The molecule has 0 aliphatic carbocycles. The second-order valence-electron chi connectivity index (χ2n) is 5.50. The lowest BCUT2D eigenvalue weighted by Crippen LogP contribution is -2.34. The third-order valence-electron chi connectivity index (χ3n) is 3.86. The molecule has 0 radical (unpaired) electrons. The zero-order valence-electron chi connectivity index (χ0n) is 13.8. The second kappa shape index (κ2) is 7.56. The van der Waals surface area contributed by atoms with Gasteiger partial charge in [-0.25, -0.2) is 9.59 Å². The molecule has 0 aromatic heterocycles. The van der Waals surface area contributed by atoms with E-state index in [2.05, 4.69) is 5.32 Å². The Morgan fingerprint density at radius 2 is 1.92 bits per heavy atom. The minimum atomic E-state index is -0.414.